The van der Waals surface area contributed by atoms with Crippen molar-refractivity contribution in [2.24, 2.45) is 11.0 Å². The smallest absolute Gasteiger partial charge is 0.274 e. The number of rotatable bonds is 6. The first-order valence-electron chi connectivity index (χ1n) is 7.29. The lowest BCUT2D eigenvalue weighted by molar-refractivity contribution is -0.486. The van der Waals surface area contributed by atoms with Crippen LogP contribution in [0.4, 0.5) is 0 Å². The maximum Gasteiger partial charge on any atom is 0.274 e. The third-order valence-electron chi connectivity index (χ3n) is 3.52. The summed E-state index contributed by atoms with van der Waals surface area (Å²) in [6, 6.07) is 3.59. The van der Waals surface area contributed by atoms with Crippen LogP contribution < -0.4 is 0 Å². The molecule has 1 aromatic heterocycles. The Bertz CT molecular complexity index is 547. The summed E-state index contributed by atoms with van der Waals surface area (Å²) in [7, 11) is 0. The van der Waals surface area contributed by atoms with Gasteiger partial charge >= 0.3 is 0 Å². The predicted octanol–water partition coefficient (Wildman–Crippen LogP) is 2.45. The van der Waals surface area contributed by atoms with Crippen molar-refractivity contribution >= 4 is 17.6 Å². The van der Waals surface area contributed by atoms with E-state index in [0.717, 1.165) is 25.1 Å². The van der Waals surface area contributed by atoms with E-state index in [9.17, 15) is 10.1 Å². The van der Waals surface area contributed by atoms with Crippen molar-refractivity contribution in [2.45, 2.75) is 26.8 Å². The molecule has 7 nitrogen and oxygen atoms in total. The molecule has 0 atom stereocenters. The minimum Gasteiger partial charge on any atom is -0.336 e. The molecule has 0 radical (unpaired) electrons. The summed E-state index contributed by atoms with van der Waals surface area (Å²) >= 11 is 5.77. The van der Waals surface area contributed by atoms with E-state index in [-0.39, 0.29) is 0 Å². The van der Waals surface area contributed by atoms with Crippen LogP contribution in [0, 0.1) is 16.0 Å². The monoisotopic (exact) mass is 325 g/mol. The van der Waals surface area contributed by atoms with E-state index in [1.54, 1.807) is 12.3 Å². The van der Waals surface area contributed by atoms with Crippen LogP contribution in [0.25, 0.3) is 0 Å². The molecule has 1 aliphatic rings. The summed E-state index contributed by atoms with van der Waals surface area (Å²) < 4.78 is 0. The number of halogens is 1. The fourth-order valence-corrected chi connectivity index (χ4v) is 2.45. The van der Waals surface area contributed by atoms with Crippen molar-refractivity contribution in [2.75, 3.05) is 19.6 Å². The normalized spacial score (nSPS) is 16.8. The van der Waals surface area contributed by atoms with Gasteiger partial charge in [0.25, 0.3) is 5.96 Å². The second-order valence-electron chi connectivity index (χ2n) is 5.72. The molecule has 1 fully saturated rings. The molecule has 1 saturated heterocycles. The Morgan fingerprint density at radius 2 is 2.14 bits per heavy atom. The predicted molar refractivity (Wildman–Crippen MR) is 85.1 cm³/mol. The molecule has 0 saturated carbocycles. The number of nitro groups is 1. The second kappa shape index (κ2) is 7.40. The molecule has 0 spiro atoms. The van der Waals surface area contributed by atoms with Crippen molar-refractivity contribution < 1.29 is 5.03 Å². The lowest BCUT2D eigenvalue weighted by Crippen LogP contribution is -2.35. The first-order chi connectivity index (χ1) is 10.5. The van der Waals surface area contributed by atoms with Crippen molar-refractivity contribution in [3.05, 3.63) is 39.2 Å². The zero-order chi connectivity index (χ0) is 16.1. The van der Waals surface area contributed by atoms with E-state index in [0.29, 0.717) is 30.1 Å². The average Bonchev–Trinajstić information content (AvgIpc) is 2.81. The van der Waals surface area contributed by atoms with E-state index >= 15 is 0 Å². The highest BCUT2D eigenvalue weighted by Crippen LogP contribution is 2.16. The molecule has 0 bridgehead atoms. The molecule has 0 amide bonds. The van der Waals surface area contributed by atoms with Crippen LogP contribution >= 0.6 is 11.6 Å². The highest BCUT2D eigenvalue weighted by molar-refractivity contribution is 6.29. The minimum absolute atomic E-state index is 0.431. The summed E-state index contributed by atoms with van der Waals surface area (Å²) in [5.74, 6) is 0.979. The molecule has 0 unspecified atom stereocenters. The molecule has 0 aliphatic carbocycles. The van der Waals surface area contributed by atoms with Crippen LogP contribution in [0.2, 0.25) is 5.15 Å². The van der Waals surface area contributed by atoms with Crippen LogP contribution in [0.3, 0.4) is 0 Å². The van der Waals surface area contributed by atoms with Crippen molar-refractivity contribution in [1.29, 1.82) is 0 Å². The average molecular weight is 326 g/mol. The second-order valence-corrected chi connectivity index (χ2v) is 6.11. The SMILES string of the molecule is CC(C)CCN1CCN(Cc2ccc(Cl)nc2)/C1=N/[N+](=O)[O-]. The Labute approximate surface area is 134 Å². The molecule has 1 aliphatic heterocycles. The third kappa shape index (κ3) is 4.56. The maximum absolute atomic E-state index is 10.8. The van der Waals surface area contributed by atoms with Gasteiger partial charge in [0, 0.05) is 32.4 Å². The number of hydrazone groups is 1. The van der Waals surface area contributed by atoms with Crippen molar-refractivity contribution in [3.8, 4) is 0 Å². The van der Waals surface area contributed by atoms with Gasteiger partial charge in [-0.1, -0.05) is 31.5 Å². The van der Waals surface area contributed by atoms with Gasteiger partial charge in [0.1, 0.15) is 10.3 Å². The van der Waals surface area contributed by atoms with E-state index in [1.165, 1.54) is 0 Å². The number of hydrogen-bond acceptors (Lipinski definition) is 3. The van der Waals surface area contributed by atoms with Crippen LogP contribution in [0.5, 0.6) is 0 Å². The fraction of sp³-hybridized carbons (Fsp3) is 0.571. The van der Waals surface area contributed by atoms with Gasteiger partial charge in [0.15, 0.2) is 5.03 Å². The van der Waals surface area contributed by atoms with Crippen LogP contribution in [-0.2, 0) is 6.54 Å². The van der Waals surface area contributed by atoms with E-state index in [1.807, 2.05) is 15.9 Å². The Hall–Kier alpha value is -1.89. The van der Waals surface area contributed by atoms with Crippen molar-refractivity contribution in [1.82, 2.24) is 14.8 Å². The first kappa shape index (κ1) is 16.5. The molecule has 2 heterocycles. The Morgan fingerprint density at radius 3 is 2.73 bits per heavy atom. The summed E-state index contributed by atoms with van der Waals surface area (Å²) in [6.07, 6.45) is 2.66. The third-order valence-corrected chi connectivity index (χ3v) is 3.74. The molecule has 120 valence electrons. The fourth-order valence-electron chi connectivity index (χ4n) is 2.34. The van der Waals surface area contributed by atoms with Gasteiger partial charge in [-0.25, -0.2) is 15.1 Å². The minimum atomic E-state index is -0.629. The summed E-state index contributed by atoms with van der Waals surface area (Å²) in [5.41, 5.74) is 0.950. The lowest BCUT2D eigenvalue weighted by atomic mass is 10.1. The molecule has 0 aromatic carbocycles. The van der Waals surface area contributed by atoms with Gasteiger partial charge in [-0.3, -0.25) is 0 Å². The molecule has 2 rings (SSSR count). The first-order valence-corrected chi connectivity index (χ1v) is 7.67. The maximum atomic E-state index is 10.8. The standard InChI is InChI=1S/C14H20ClN5O2/c1-11(2)5-6-18-7-8-19(14(18)17-20(21)22)10-12-3-4-13(15)16-9-12/h3-4,9,11H,5-8,10H2,1-2H3/b17-14+. The topological polar surface area (TPSA) is 74.9 Å². The van der Waals surface area contributed by atoms with Gasteiger partial charge in [-0.2, -0.15) is 0 Å². The quantitative estimate of drug-likeness (QED) is 0.456. The lowest BCUT2D eigenvalue weighted by Gasteiger charge is -2.21. The molecule has 8 heteroatoms. The zero-order valence-corrected chi connectivity index (χ0v) is 13.5. The van der Waals surface area contributed by atoms with Crippen molar-refractivity contribution in [3.63, 3.8) is 0 Å². The highest BCUT2D eigenvalue weighted by atomic mass is 35.5. The van der Waals surface area contributed by atoms with Gasteiger partial charge < -0.3 is 9.80 Å². The molecule has 1 aromatic rings. The Balaban J connectivity index is 2.09. The van der Waals surface area contributed by atoms with E-state index in [4.69, 9.17) is 11.6 Å². The Kier molecular flexibility index (Phi) is 5.54. The zero-order valence-electron chi connectivity index (χ0n) is 12.8. The van der Waals surface area contributed by atoms with Gasteiger partial charge in [0.05, 0.1) is 0 Å². The Morgan fingerprint density at radius 1 is 1.41 bits per heavy atom. The summed E-state index contributed by atoms with van der Waals surface area (Å²) in [4.78, 5) is 18.7. The number of hydrogen-bond donors (Lipinski definition) is 0. The number of aromatic nitrogens is 1. The molecular formula is C14H20ClN5O2. The van der Waals surface area contributed by atoms with Crippen LogP contribution in [0.15, 0.2) is 23.4 Å². The van der Waals surface area contributed by atoms with Gasteiger partial charge in [0.2, 0.25) is 0 Å². The molecule has 22 heavy (non-hydrogen) atoms. The van der Waals surface area contributed by atoms with E-state index in [2.05, 4.69) is 23.9 Å². The van der Waals surface area contributed by atoms with E-state index < -0.39 is 5.03 Å². The largest absolute Gasteiger partial charge is 0.336 e. The highest BCUT2D eigenvalue weighted by Gasteiger charge is 2.29. The van der Waals surface area contributed by atoms with Crippen LogP contribution in [-0.4, -0.2) is 45.4 Å². The van der Waals surface area contributed by atoms with Gasteiger partial charge in [-0.05, 0) is 24.0 Å². The molecular weight excluding hydrogens is 306 g/mol. The van der Waals surface area contributed by atoms with Crippen LogP contribution in [0.1, 0.15) is 25.8 Å². The number of pyridine rings is 1. The van der Waals surface area contributed by atoms with Gasteiger partial charge in [-0.15, -0.1) is 0 Å². The number of guanidine groups is 1. The molecule has 0 N–H and O–H groups in total. The summed E-state index contributed by atoms with van der Waals surface area (Å²) in [5, 5.41) is 14.2. The number of nitrogens with zero attached hydrogens (tertiary/aromatic N) is 5. The summed E-state index contributed by atoms with van der Waals surface area (Å²) in [6.45, 7) is 7.05.